The molecule has 28 heavy (non-hydrogen) atoms. The lowest BCUT2D eigenvalue weighted by Gasteiger charge is -2.45. The summed E-state index contributed by atoms with van der Waals surface area (Å²) in [7, 11) is -2.55. The predicted octanol–water partition coefficient (Wildman–Crippen LogP) is 4.14. The van der Waals surface area contributed by atoms with E-state index in [2.05, 4.69) is 86.3 Å². The third kappa shape index (κ3) is 3.25. The summed E-state index contributed by atoms with van der Waals surface area (Å²) in [6.07, 6.45) is 2.09. The highest BCUT2D eigenvalue weighted by Crippen LogP contribution is 2.43. The van der Waals surface area contributed by atoms with Crippen molar-refractivity contribution in [2.24, 2.45) is 0 Å². The standard InChI is InChI=1S/C24H32FNOSi/c1-23(2,3)28(21-11-6-4-7-12-21,22-13-8-5-9-14-22)27-19-24-15-10-16-26(24)18-20(25)17-24/h4-9,11-14,20H,10,15-19H2,1-3H3/t20?,24-/m0/s1. The number of hydrogen-bond donors (Lipinski definition) is 0. The van der Waals surface area contributed by atoms with Crippen LogP contribution in [0.15, 0.2) is 60.7 Å². The van der Waals surface area contributed by atoms with Gasteiger partial charge in [-0.25, -0.2) is 4.39 Å². The van der Waals surface area contributed by atoms with Gasteiger partial charge in [0.2, 0.25) is 0 Å². The molecule has 2 fully saturated rings. The van der Waals surface area contributed by atoms with Crippen LogP contribution in [0.3, 0.4) is 0 Å². The van der Waals surface area contributed by atoms with Gasteiger partial charge in [0, 0.05) is 18.5 Å². The zero-order valence-corrected chi connectivity index (χ0v) is 18.3. The Morgan fingerprint density at radius 2 is 1.61 bits per heavy atom. The lowest BCUT2D eigenvalue weighted by atomic mass is 9.95. The van der Waals surface area contributed by atoms with Crippen LogP contribution in [0.4, 0.5) is 4.39 Å². The summed E-state index contributed by atoms with van der Waals surface area (Å²) >= 11 is 0. The molecular weight excluding hydrogens is 365 g/mol. The summed E-state index contributed by atoms with van der Waals surface area (Å²) in [6.45, 7) is 9.11. The minimum Gasteiger partial charge on any atom is -0.406 e. The second kappa shape index (κ2) is 7.40. The molecule has 2 aromatic rings. The Morgan fingerprint density at radius 3 is 2.14 bits per heavy atom. The van der Waals surface area contributed by atoms with E-state index in [0.717, 1.165) is 19.4 Å². The Hall–Kier alpha value is -1.49. The van der Waals surface area contributed by atoms with Gasteiger partial charge in [-0.05, 0) is 34.8 Å². The molecule has 0 spiro atoms. The molecular formula is C24H32FNOSi. The third-order valence-corrected chi connectivity index (χ3v) is 11.7. The van der Waals surface area contributed by atoms with Gasteiger partial charge in [-0.3, -0.25) is 4.90 Å². The van der Waals surface area contributed by atoms with E-state index in [4.69, 9.17) is 4.43 Å². The zero-order valence-electron chi connectivity index (χ0n) is 17.3. The minimum absolute atomic E-state index is 0.0382. The minimum atomic E-state index is -2.55. The van der Waals surface area contributed by atoms with E-state index >= 15 is 0 Å². The summed E-state index contributed by atoms with van der Waals surface area (Å²) in [5, 5.41) is 2.55. The smallest absolute Gasteiger partial charge is 0.261 e. The van der Waals surface area contributed by atoms with Crippen LogP contribution in [0.5, 0.6) is 0 Å². The summed E-state index contributed by atoms with van der Waals surface area (Å²) < 4.78 is 21.4. The second-order valence-electron chi connectivity index (χ2n) is 9.53. The number of nitrogens with zero attached hydrogens (tertiary/aromatic N) is 1. The van der Waals surface area contributed by atoms with Gasteiger partial charge < -0.3 is 4.43 Å². The maximum Gasteiger partial charge on any atom is 0.261 e. The highest BCUT2D eigenvalue weighted by molar-refractivity contribution is 6.99. The maximum absolute atomic E-state index is 14.3. The Bertz CT molecular complexity index is 752. The normalized spacial score (nSPS) is 25.8. The first kappa shape index (κ1) is 19.8. The van der Waals surface area contributed by atoms with Crippen molar-refractivity contribution in [3.8, 4) is 0 Å². The second-order valence-corrected chi connectivity index (χ2v) is 13.8. The third-order valence-electron chi connectivity index (χ3n) is 6.74. The van der Waals surface area contributed by atoms with Crippen molar-refractivity contribution in [1.82, 2.24) is 4.90 Å². The number of fused-ring (bicyclic) bond motifs is 1. The van der Waals surface area contributed by atoms with Gasteiger partial charge in [0.1, 0.15) is 6.17 Å². The largest absolute Gasteiger partial charge is 0.406 e. The average molecular weight is 398 g/mol. The van der Waals surface area contributed by atoms with E-state index in [1.54, 1.807) is 0 Å². The molecule has 2 aliphatic rings. The van der Waals surface area contributed by atoms with E-state index in [1.165, 1.54) is 10.4 Å². The van der Waals surface area contributed by atoms with Crippen LogP contribution < -0.4 is 10.4 Å². The Balaban J connectivity index is 1.77. The van der Waals surface area contributed by atoms with Crippen molar-refractivity contribution in [3.05, 3.63) is 60.7 Å². The topological polar surface area (TPSA) is 12.5 Å². The molecule has 0 saturated carbocycles. The van der Waals surface area contributed by atoms with E-state index in [-0.39, 0.29) is 10.6 Å². The molecule has 0 aromatic heterocycles. The van der Waals surface area contributed by atoms with Crippen molar-refractivity contribution < 1.29 is 8.82 Å². The van der Waals surface area contributed by atoms with Crippen LogP contribution in [0.25, 0.3) is 0 Å². The first-order chi connectivity index (χ1) is 13.4. The molecule has 0 amide bonds. The molecule has 4 heteroatoms. The molecule has 2 aliphatic heterocycles. The SMILES string of the molecule is CC(C)(C)[Si](OC[C@@]12CCCN1CC(F)C2)(c1ccccc1)c1ccccc1. The summed E-state index contributed by atoms with van der Waals surface area (Å²) in [4.78, 5) is 2.36. The van der Waals surface area contributed by atoms with Crippen molar-refractivity contribution in [2.45, 2.75) is 56.8 Å². The Labute approximate surface area is 169 Å². The molecule has 1 unspecified atom stereocenters. The molecule has 0 bridgehead atoms. The van der Waals surface area contributed by atoms with Crippen molar-refractivity contribution in [2.75, 3.05) is 19.7 Å². The number of benzene rings is 2. The lowest BCUT2D eigenvalue weighted by molar-refractivity contribution is 0.107. The van der Waals surface area contributed by atoms with Gasteiger partial charge in [-0.2, -0.15) is 0 Å². The first-order valence-electron chi connectivity index (χ1n) is 10.5. The zero-order chi connectivity index (χ0) is 19.8. The fraction of sp³-hybridized carbons (Fsp3) is 0.500. The number of alkyl halides is 1. The van der Waals surface area contributed by atoms with Crippen molar-refractivity contribution in [3.63, 3.8) is 0 Å². The highest BCUT2D eigenvalue weighted by Gasteiger charge is 2.54. The molecule has 4 rings (SSSR count). The summed E-state index contributed by atoms with van der Waals surface area (Å²) in [6, 6.07) is 21.5. The summed E-state index contributed by atoms with van der Waals surface area (Å²) in [5.41, 5.74) is -0.119. The van der Waals surface area contributed by atoms with E-state index in [9.17, 15) is 4.39 Å². The van der Waals surface area contributed by atoms with Crippen LogP contribution in [-0.2, 0) is 4.43 Å². The molecule has 2 heterocycles. The first-order valence-corrected chi connectivity index (χ1v) is 12.4. The lowest BCUT2D eigenvalue weighted by Crippen LogP contribution is -2.68. The molecule has 2 atom stereocenters. The van der Waals surface area contributed by atoms with Gasteiger partial charge in [0.15, 0.2) is 0 Å². The molecule has 150 valence electrons. The van der Waals surface area contributed by atoms with Gasteiger partial charge >= 0.3 is 0 Å². The predicted molar refractivity (Wildman–Crippen MR) is 117 cm³/mol. The van der Waals surface area contributed by atoms with Crippen LogP contribution in [0, 0.1) is 0 Å². The molecule has 2 nitrogen and oxygen atoms in total. The molecule has 0 radical (unpaired) electrons. The van der Waals surface area contributed by atoms with Gasteiger partial charge in [0.05, 0.1) is 6.61 Å². The van der Waals surface area contributed by atoms with E-state index < -0.39 is 14.5 Å². The summed E-state index contributed by atoms with van der Waals surface area (Å²) in [5.74, 6) is 0. The Kier molecular flexibility index (Phi) is 5.23. The van der Waals surface area contributed by atoms with E-state index in [1.807, 2.05) is 0 Å². The number of rotatable bonds is 5. The maximum atomic E-state index is 14.3. The quantitative estimate of drug-likeness (QED) is 0.703. The van der Waals surface area contributed by atoms with Crippen LogP contribution in [0.1, 0.15) is 40.0 Å². The highest BCUT2D eigenvalue weighted by atomic mass is 28.4. The fourth-order valence-electron chi connectivity index (χ4n) is 5.45. The fourth-order valence-corrected chi connectivity index (χ4v) is 10.1. The van der Waals surface area contributed by atoms with Crippen molar-refractivity contribution >= 4 is 18.7 Å². The Morgan fingerprint density at radius 1 is 1.04 bits per heavy atom. The molecule has 2 aromatic carbocycles. The van der Waals surface area contributed by atoms with Crippen LogP contribution >= 0.6 is 0 Å². The van der Waals surface area contributed by atoms with Crippen molar-refractivity contribution in [1.29, 1.82) is 0 Å². The van der Waals surface area contributed by atoms with Crippen LogP contribution in [0.2, 0.25) is 5.04 Å². The van der Waals surface area contributed by atoms with Gasteiger partial charge in [0.25, 0.3) is 8.32 Å². The molecule has 2 saturated heterocycles. The monoisotopic (exact) mass is 397 g/mol. The van der Waals surface area contributed by atoms with E-state index in [0.29, 0.717) is 19.6 Å². The van der Waals surface area contributed by atoms with Gasteiger partial charge in [-0.1, -0.05) is 81.4 Å². The number of halogens is 1. The van der Waals surface area contributed by atoms with Crippen LogP contribution in [-0.4, -0.2) is 44.6 Å². The molecule has 0 N–H and O–H groups in total. The number of hydrogen-bond acceptors (Lipinski definition) is 2. The van der Waals surface area contributed by atoms with Gasteiger partial charge in [-0.15, -0.1) is 0 Å². The average Bonchev–Trinajstić information content (AvgIpc) is 3.18. The molecule has 0 aliphatic carbocycles.